The van der Waals surface area contributed by atoms with Crippen molar-refractivity contribution in [3.63, 3.8) is 0 Å². The van der Waals surface area contributed by atoms with Crippen LogP contribution in [0.15, 0.2) is 36.4 Å². The maximum Gasteiger partial charge on any atom is 0.412 e. The van der Waals surface area contributed by atoms with Crippen LogP contribution in [0.5, 0.6) is 0 Å². The van der Waals surface area contributed by atoms with Crippen LogP contribution in [0.4, 0.5) is 16.2 Å². The van der Waals surface area contributed by atoms with Gasteiger partial charge in [-0.05, 0) is 44.4 Å². The van der Waals surface area contributed by atoms with E-state index in [2.05, 4.69) is 5.32 Å². The van der Waals surface area contributed by atoms with Crippen molar-refractivity contribution in [3.8, 4) is 0 Å². The maximum absolute atomic E-state index is 11.8. The number of benzene rings is 2. The summed E-state index contributed by atoms with van der Waals surface area (Å²) in [6.07, 6.45) is -0.461. The van der Waals surface area contributed by atoms with E-state index in [4.69, 9.17) is 10.5 Å². The molecule has 2 rings (SSSR count). The second-order valence-electron chi connectivity index (χ2n) is 5.41. The average molecular weight is 258 g/mol. The summed E-state index contributed by atoms with van der Waals surface area (Å²) in [5, 5.41) is 4.67. The molecule has 0 atom stereocenters. The van der Waals surface area contributed by atoms with Crippen molar-refractivity contribution >= 4 is 28.2 Å². The van der Waals surface area contributed by atoms with Gasteiger partial charge in [0.1, 0.15) is 5.60 Å². The molecule has 0 saturated carbocycles. The molecule has 2 aromatic rings. The Kier molecular flexibility index (Phi) is 3.34. The van der Waals surface area contributed by atoms with Crippen LogP contribution in [-0.2, 0) is 4.74 Å². The number of ether oxygens (including phenoxy) is 1. The predicted molar refractivity (Wildman–Crippen MR) is 78.2 cm³/mol. The van der Waals surface area contributed by atoms with Crippen LogP contribution in [0, 0.1) is 0 Å². The molecule has 4 nitrogen and oxygen atoms in total. The molecule has 100 valence electrons. The maximum atomic E-state index is 11.8. The van der Waals surface area contributed by atoms with Gasteiger partial charge in [0.05, 0.1) is 5.69 Å². The molecule has 0 spiro atoms. The van der Waals surface area contributed by atoms with Gasteiger partial charge in [0, 0.05) is 11.1 Å². The lowest BCUT2D eigenvalue weighted by atomic mass is 10.1. The Morgan fingerprint density at radius 1 is 1.21 bits per heavy atom. The summed E-state index contributed by atoms with van der Waals surface area (Å²) >= 11 is 0. The molecule has 0 radical (unpaired) electrons. The molecule has 1 amide bonds. The number of anilines is 2. The van der Waals surface area contributed by atoms with E-state index in [9.17, 15) is 4.79 Å². The first kappa shape index (κ1) is 13.2. The van der Waals surface area contributed by atoms with Gasteiger partial charge in [0.2, 0.25) is 0 Å². The molecule has 0 bridgehead atoms. The van der Waals surface area contributed by atoms with E-state index in [1.165, 1.54) is 0 Å². The molecule has 0 fully saturated rings. The Bertz CT molecular complexity index is 615. The molecular weight excluding hydrogens is 240 g/mol. The van der Waals surface area contributed by atoms with Crippen molar-refractivity contribution in [2.24, 2.45) is 0 Å². The molecule has 0 saturated heterocycles. The zero-order chi connectivity index (χ0) is 14.0. The second-order valence-corrected chi connectivity index (χ2v) is 5.41. The molecule has 0 unspecified atom stereocenters. The Balaban J connectivity index is 2.28. The number of nitrogens with one attached hydrogen (secondary N) is 1. The zero-order valence-corrected chi connectivity index (χ0v) is 11.4. The predicted octanol–water partition coefficient (Wildman–Crippen LogP) is 3.77. The number of hydrogen-bond acceptors (Lipinski definition) is 3. The largest absolute Gasteiger partial charge is 0.444 e. The average Bonchev–Trinajstić information content (AvgIpc) is 2.26. The Morgan fingerprint density at radius 2 is 1.95 bits per heavy atom. The smallest absolute Gasteiger partial charge is 0.412 e. The number of carbonyl (C=O) groups is 1. The fraction of sp³-hybridized carbons (Fsp3) is 0.267. The number of amides is 1. The van der Waals surface area contributed by atoms with E-state index in [1.807, 2.05) is 57.2 Å². The highest BCUT2D eigenvalue weighted by atomic mass is 16.6. The summed E-state index contributed by atoms with van der Waals surface area (Å²) in [5.41, 5.74) is 6.64. The molecule has 19 heavy (non-hydrogen) atoms. The van der Waals surface area contributed by atoms with Crippen LogP contribution in [0.25, 0.3) is 10.8 Å². The fourth-order valence-corrected chi connectivity index (χ4v) is 1.82. The summed E-state index contributed by atoms with van der Waals surface area (Å²) < 4.78 is 5.24. The molecular formula is C15H18N2O2. The van der Waals surface area contributed by atoms with Crippen LogP contribution in [-0.4, -0.2) is 11.7 Å². The minimum Gasteiger partial charge on any atom is -0.444 e. The van der Waals surface area contributed by atoms with Gasteiger partial charge in [-0.3, -0.25) is 5.32 Å². The second kappa shape index (κ2) is 4.80. The van der Waals surface area contributed by atoms with Gasteiger partial charge in [-0.25, -0.2) is 4.79 Å². The van der Waals surface area contributed by atoms with Crippen LogP contribution >= 0.6 is 0 Å². The van der Waals surface area contributed by atoms with Crippen molar-refractivity contribution in [3.05, 3.63) is 36.4 Å². The third kappa shape index (κ3) is 3.37. The minimum absolute atomic E-state index is 0.461. The highest BCUT2D eigenvalue weighted by Gasteiger charge is 2.16. The van der Waals surface area contributed by atoms with E-state index in [0.717, 1.165) is 10.8 Å². The number of nitrogen functional groups attached to an aromatic ring is 1. The first-order valence-electron chi connectivity index (χ1n) is 6.13. The quantitative estimate of drug-likeness (QED) is 0.765. The Morgan fingerprint density at radius 3 is 2.63 bits per heavy atom. The van der Waals surface area contributed by atoms with Crippen LogP contribution in [0.1, 0.15) is 20.8 Å². The number of rotatable bonds is 1. The van der Waals surface area contributed by atoms with E-state index in [0.29, 0.717) is 11.4 Å². The first-order chi connectivity index (χ1) is 8.85. The lowest BCUT2D eigenvalue weighted by Crippen LogP contribution is -2.27. The number of nitrogens with two attached hydrogens (primary N) is 1. The molecule has 0 aromatic heterocycles. The zero-order valence-electron chi connectivity index (χ0n) is 11.4. The summed E-state index contributed by atoms with van der Waals surface area (Å²) in [6, 6.07) is 11.2. The van der Waals surface area contributed by atoms with Crippen LogP contribution in [0.3, 0.4) is 0 Å². The number of carbonyl (C=O) groups excluding carboxylic acids is 1. The number of fused-ring (bicyclic) bond motifs is 1. The summed E-state index contributed by atoms with van der Waals surface area (Å²) in [6.45, 7) is 5.49. The van der Waals surface area contributed by atoms with E-state index in [-0.39, 0.29) is 0 Å². The van der Waals surface area contributed by atoms with Crippen molar-refractivity contribution < 1.29 is 9.53 Å². The van der Waals surface area contributed by atoms with Crippen LogP contribution < -0.4 is 11.1 Å². The van der Waals surface area contributed by atoms with Gasteiger partial charge < -0.3 is 10.5 Å². The molecule has 0 aliphatic rings. The summed E-state index contributed by atoms with van der Waals surface area (Å²) in [5.74, 6) is 0. The SMILES string of the molecule is CC(C)(C)OC(=O)Nc1cccc2cc(N)ccc12. The highest BCUT2D eigenvalue weighted by molar-refractivity contribution is 6.01. The third-order valence-electron chi connectivity index (χ3n) is 2.54. The molecule has 3 N–H and O–H groups in total. The van der Waals surface area contributed by atoms with Gasteiger partial charge >= 0.3 is 6.09 Å². The Labute approximate surface area is 112 Å². The van der Waals surface area contributed by atoms with Crippen molar-refractivity contribution in [1.29, 1.82) is 0 Å². The Hall–Kier alpha value is -2.23. The van der Waals surface area contributed by atoms with Gasteiger partial charge in [0.25, 0.3) is 0 Å². The van der Waals surface area contributed by atoms with Gasteiger partial charge in [0.15, 0.2) is 0 Å². The summed E-state index contributed by atoms with van der Waals surface area (Å²) in [7, 11) is 0. The van der Waals surface area contributed by atoms with E-state index in [1.54, 1.807) is 0 Å². The number of hydrogen-bond donors (Lipinski definition) is 2. The highest BCUT2D eigenvalue weighted by Crippen LogP contribution is 2.25. The normalized spacial score (nSPS) is 11.3. The molecule has 4 heteroatoms. The van der Waals surface area contributed by atoms with Gasteiger partial charge in [-0.15, -0.1) is 0 Å². The topological polar surface area (TPSA) is 64.3 Å². The summed E-state index contributed by atoms with van der Waals surface area (Å²) in [4.78, 5) is 11.8. The van der Waals surface area contributed by atoms with Gasteiger partial charge in [-0.1, -0.05) is 18.2 Å². The third-order valence-corrected chi connectivity index (χ3v) is 2.54. The standard InChI is InChI=1S/C15H18N2O2/c1-15(2,3)19-14(18)17-13-6-4-5-10-9-11(16)7-8-12(10)13/h4-9H,16H2,1-3H3,(H,17,18). The monoisotopic (exact) mass is 258 g/mol. The van der Waals surface area contributed by atoms with E-state index < -0.39 is 11.7 Å². The molecule has 2 aromatic carbocycles. The van der Waals surface area contributed by atoms with Crippen LogP contribution in [0.2, 0.25) is 0 Å². The van der Waals surface area contributed by atoms with Crippen molar-refractivity contribution in [2.45, 2.75) is 26.4 Å². The van der Waals surface area contributed by atoms with Crippen molar-refractivity contribution in [2.75, 3.05) is 11.1 Å². The van der Waals surface area contributed by atoms with Crippen molar-refractivity contribution in [1.82, 2.24) is 0 Å². The molecule has 0 aliphatic heterocycles. The first-order valence-corrected chi connectivity index (χ1v) is 6.13. The molecule has 0 heterocycles. The minimum atomic E-state index is -0.515. The van der Waals surface area contributed by atoms with Gasteiger partial charge in [-0.2, -0.15) is 0 Å². The fourth-order valence-electron chi connectivity index (χ4n) is 1.82. The lowest BCUT2D eigenvalue weighted by molar-refractivity contribution is 0.0636. The lowest BCUT2D eigenvalue weighted by Gasteiger charge is -2.20. The molecule has 0 aliphatic carbocycles. The van der Waals surface area contributed by atoms with E-state index >= 15 is 0 Å².